The van der Waals surface area contributed by atoms with Crippen molar-refractivity contribution < 1.29 is 27.4 Å². The van der Waals surface area contributed by atoms with Crippen LogP contribution in [-0.4, -0.2) is 48.4 Å². The summed E-state index contributed by atoms with van der Waals surface area (Å²) < 4.78 is 43.3. The summed E-state index contributed by atoms with van der Waals surface area (Å²) in [6.45, 7) is -0.490. The van der Waals surface area contributed by atoms with E-state index in [4.69, 9.17) is 14.2 Å². The molecule has 0 unspecified atom stereocenters. The average molecular weight is 484 g/mol. The van der Waals surface area contributed by atoms with Crippen LogP contribution in [0.5, 0.6) is 17.2 Å². The number of nitrogens with zero attached hydrogens (tertiary/aromatic N) is 2. The zero-order chi connectivity index (χ0) is 24.6. The highest BCUT2D eigenvalue weighted by Crippen LogP contribution is 2.26. The van der Waals surface area contributed by atoms with Gasteiger partial charge < -0.3 is 14.2 Å². The molecule has 0 saturated carbocycles. The fourth-order valence-electron chi connectivity index (χ4n) is 3.06. The second-order valence-corrected chi connectivity index (χ2v) is 8.79. The summed E-state index contributed by atoms with van der Waals surface area (Å²) in [7, 11) is 0.534. The Labute approximate surface area is 198 Å². The van der Waals surface area contributed by atoms with Gasteiger partial charge in [0.1, 0.15) is 23.8 Å². The molecule has 0 aliphatic rings. The first kappa shape index (κ1) is 24.6. The lowest BCUT2D eigenvalue weighted by Gasteiger charge is -2.23. The minimum Gasteiger partial charge on any atom is -0.497 e. The maximum absolute atomic E-state index is 13.3. The van der Waals surface area contributed by atoms with Gasteiger partial charge in [-0.1, -0.05) is 18.2 Å². The number of ether oxygens (including phenoxy) is 3. The SMILES string of the molecule is COc1ccc(N(CC(=O)N/N=C\c2cc(OC)ccc2OC)S(=O)(=O)c2ccccc2)cc1. The van der Waals surface area contributed by atoms with Crippen LogP contribution in [-0.2, 0) is 14.8 Å². The number of sulfonamides is 1. The van der Waals surface area contributed by atoms with Gasteiger partial charge in [0.15, 0.2) is 0 Å². The van der Waals surface area contributed by atoms with E-state index in [-0.39, 0.29) is 4.90 Å². The average Bonchev–Trinajstić information content (AvgIpc) is 2.87. The minimum absolute atomic E-state index is 0.0586. The Hall–Kier alpha value is -4.05. The summed E-state index contributed by atoms with van der Waals surface area (Å²) >= 11 is 0. The summed E-state index contributed by atoms with van der Waals surface area (Å²) in [6.07, 6.45) is 1.39. The van der Waals surface area contributed by atoms with E-state index in [0.29, 0.717) is 28.5 Å². The first-order chi connectivity index (χ1) is 16.4. The molecule has 1 amide bonds. The van der Waals surface area contributed by atoms with Crippen molar-refractivity contribution in [1.82, 2.24) is 5.43 Å². The lowest BCUT2D eigenvalue weighted by atomic mass is 10.2. The molecule has 0 fully saturated rings. The molecule has 0 saturated heterocycles. The van der Waals surface area contributed by atoms with Crippen LogP contribution in [0, 0.1) is 0 Å². The van der Waals surface area contributed by atoms with Gasteiger partial charge in [-0.25, -0.2) is 13.8 Å². The first-order valence-corrected chi connectivity index (χ1v) is 11.6. The number of nitrogens with one attached hydrogen (secondary N) is 1. The first-order valence-electron chi connectivity index (χ1n) is 10.1. The molecule has 1 N–H and O–H groups in total. The van der Waals surface area contributed by atoms with Crippen LogP contribution in [0.25, 0.3) is 0 Å². The molecular formula is C24H25N3O6S. The molecule has 0 aliphatic carbocycles. The number of rotatable bonds is 10. The summed E-state index contributed by atoms with van der Waals surface area (Å²) in [5.41, 5.74) is 3.25. The molecule has 9 nitrogen and oxygen atoms in total. The maximum Gasteiger partial charge on any atom is 0.264 e. The molecule has 0 aliphatic heterocycles. The van der Waals surface area contributed by atoms with Crippen molar-refractivity contribution in [2.45, 2.75) is 4.90 Å². The van der Waals surface area contributed by atoms with Gasteiger partial charge in [-0.05, 0) is 54.6 Å². The maximum atomic E-state index is 13.3. The standard InChI is InChI=1S/C24H25N3O6S/c1-31-20-11-9-19(10-12-20)27(34(29,30)22-7-5-4-6-8-22)17-24(28)26-25-16-18-15-21(32-2)13-14-23(18)33-3/h4-16H,17H2,1-3H3,(H,26,28)/b25-16-. The predicted molar refractivity (Wildman–Crippen MR) is 129 cm³/mol. The van der Waals surface area contributed by atoms with E-state index in [1.165, 1.54) is 39.7 Å². The van der Waals surface area contributed by atoms with E-state index in [0.717, 1.165) is 4.31 Å². The van der Waals surface area contributed by atoms with Gasteiger partial charge in [-0.2, -0.15) is 5.10 Å². The van der Waals surface area contributed by atoms with Gasteiger partial charge in [-0.15, -0.1) is 0 Å². The summed E-state index contributed by atoms with van der Waals surface area (Å²) in [5.74, 6) is 1.05. The van der Waals surface area contributed by atoms with Crippen LogP contribution in [0.15, 0.2) is 82.8 Å². The summed E-state index contributed by atoms with van der Waals surface area (Å²) in [6, 6.07) is 19.4. The summed E-state index contributed by atoms with van der Waals surface area (Å²) in [5, 5.41) is 3.95. The molecule has 3 rings (SSSR count). The minimum atomic E-state index is -4.02. The van der Waals surface area contributed by atoms with Crippen LogP contribution in [0.1, 0.15) is 5.56 Å². The number of methoxy groups -OCH3 is 3. The number of amides is 1. The van der Waals surface area contributed by atoms with Crippen molar-refractivity contribution in [2.24, 2.45) is 5.10 Å². The van der Waals surface area contributed by atoms with Gasteiger partial charge in [0.25, 0.3) is 15.9 Å². The molecule has 0 spiro atoms. The van der Waals surface area contributed by atoms with Gasteiger partial charge >= 0.3 is 0 Å². The Balaban J connectivity index is 1.84. The molecule has 178 valence electrons. The number of carbonyl (C=O) groups excluding carboxylic acids is 1. The molecule has 0 radical (unpaired) electrons. The summed E-state index contributed by atoms with van der Waals surface area (Å²) in [4.78, 5) is 12.7. The molecule has 34 heavy (non-hydrogen) atoms. The van der Waals surface area contributed by atoms with E-state index in [2.05, 4.69) is 10.5 Å². The van der Waals surface area contributed by atoms with Crippen molar-refractivity contribution in [3.05, 3.63) is 78.4 Å². The van der Waals surface area contributed by atoms with E-state index >= 15 is 0 Å². The van der Waals surface area contributed by atoms with Crippen molar-refractivity contribution >= 4 is 27.8 Å². The largest absolute Gasteiger partial charge is 0.497 e. The van der Waals surface area contributed by atoms with Crippen LogP contribution < -0.4 is 23.9 Å². The Morgan fingerprint density at radius 3 is 2.18 bits per heavy atom. The van der Waals surface area contributed by atoms with Crippen LogP contribution in [0.3, 0.4) is 0 Å². The third-order valence-electron chi connectivity index (χ3n) is 4.81. The van der Waals surface area contributed by atoms with Gasteiger partial charge in [0.2, 0.25) is 0 Å². The van der Waals surface area contributed by atoms with Crippen molar-refractivity contribution in [1.29, 1.82) is 0 Å². The molecule has 0 atom stereocenters. The predicted octanol–water partition coefficient (Wildman–Crippen LogP) is 3.06. The lowest BCUT2D eigenvalue weighted by Crippen LogP contribution is -2.39. The molecule has 0 heterocycles. The van der Waals surface area contributed by atoms with Crippen LogP contribution in [0.4, 0.5) is 5.69 Å². The molecular weight excluding hydrogens is 458 g/mol. The topological polar surface area (TPSA) is 107 Å². The fraction of sp³-hybridized carbons (Fsp3) is 0.167. The molecule has 3 aromatic rings. The highest BCUT2D eigenvalue weighted by molar-refractivity contribution is 7.92. The number of hydrazone groups is 1. The van der Waals surface area contributed by atoms with Crippen LogP contribution in [0.2, 0.25) is 0 Å². The van der Waals surface area contributed by atoms with Gasteiger partial charge in [0, 0.05) is 5.56 Å². The molecule has 10 heteroatoms. The van der Waals surface area contributed by atoms with Gasteiger partial charge in [-0.3, -0.25) is 9.10 Å². The third-order valence-corrected chi connectivity index (χ3v) is 6.60. The smallest absolute Gasteiger partial charge is 0.264 e. The van der Waals surface area contributed by atoms with Crippen molar-refractivity contribution in [2.75, 3.05) is 32.2 Å². The number of carbonyl (C=O) groups is 1. The monoisotopic (exact) mass is 483 g/mol. The van der Waals surface area contributed by atoms with E-state index in [1.54, 1.807) is 60.7 Å². The number of hydrogen-bond acceptors (Lipinski definition) is 7. The Morgan fingerprint density at radius 2 is 1.56 bits per heavy atom. The second-order valence-electron chi connectivity index (χ2n) is 6.92. The molecule has 0 aromatic heterocycles. The van der Waals surface area contributed by atoms with Crippen molar-refractivity contribution in [3.8, 4) is 17.2 Å². The fourth-order valence-corrected chi connectivity index (χ4v) is 4.51. The Kier molecular flexibility index (Phi) is 8.10. The highest BCUT2D eigenvalue weighted by Gasteiger charge is 2.27. The Bertz CT molecular complexity index is 1250. The lowest BCUT2D eigenvalue weighted by molar-refractivity contribution is -0.119. The zero-order valence-corrected chi connectivity index (χ0v) is 19.8. The quantitative estimate of drug-likeness (QED) is 0.351. The molecule has 0 bridgehead atoms. The highest BCUT2D eigenvalue weighted by atomic mass is 32.2. The van der Waals surface area contributed by atoms with E-state index < -0.39 is 22.5 Å². The van der Waals surface area contributed by atoms with Crippen LogP contribution >= 0.6 is 0 Å². The second kappa shape index (κ2) is 11.2. The van der Waals surface area contributed by atoms with Crippen molar-refractivity contribution in [3.63, 3.8) is 0 Å². The number of benzene rings is 3. The normalized spacial score (nSPS) is 11.1. The Morgan fingerprint density at radius 1 is 0.912 bits per heavy atom. The van der Waals surface area contributed by atoms with E-state index in [1.807, 2.05) is 0 Å². The van der Waals surface area contributed by atoms with Gasteiger partial charge in [0.05, 0.1) is 38.1 Å². The third kappa shape index (κ3) is 5.84. The number of anilines is 1. The zero-order valence-electron chi connectivity index (χ0n) is 19.0. The molecule has 3 aromatic carbocycles. The number of hydrogen-bond donors (Lipinski definition) is 1. The van der Waals surface area contributed by atoms with E-state index in [9.17, 15) is 13.2 Å².